The van der Waals surface area contributed by atoms with E-state index in [-0.39, 0.29) is 5.79 Å². The molecule has 82 valence electrons. The smallest absolute Gasteiger partial charge is 0.172 e. The van der Waals surface area contributed by atoms with Gasteiger partial charge in [-0.2, -0.15) is 0 Å². The zero-order valence-corrected chi connectivity index (χ0v) is 8.66. The Morgan fingerprint density at radius 1 is 1.40 bits per heavy atom. The molecule has 2 fully saturated rings. The van der Waals surface area contributed by atoms with Crippen LogP contribution in [0.1, 0.15) is 19.3 Å². The van der Waals surface area contributed by atoms with Gasteiger partial charge < -0.3 is 20.5 Å². The van der Waals surface area contributed by atoms with Gasteiger partial charge in [-0.3, -0.25) is 0 Å². The van der Waals surface area contributed by atoms with Crippen LogP contribution in [-0.4, -0.2) is 25.0 Å². The molecule has 1 unspecified atom stereocenters. The predicted molar refractivity (Wildman–Crippen MR) is 55.8 cm³/mol. The quantitative estimate of drug-likeness (QED) is 0.612. The van der Waals surface area contributed by atoms with Crippen LogP contribution in [0, 0.1) is 0 Å². The fourth-order valence-corrected chi connectivity index (χ4v) is 2.61. The number of rotatable bonds is 0. The second-order valence-electron chi connectivity index (χ2n) is 4.41. The number of dihydropyridines is 1. The van der Waals surface area contributed by atoms with Crippen molar-refractivity contribution in [2.45, 2.75) is 31.1 Å². The fourth-order valence-electron chi connectivity index (χ4n) is 2.61. The molecule has 0 aromatic rings. The minimum Gasteiger partial charge on any atom is -0.398 e. The van der Waals surface area contributed by atoms with Crippen LogP contribution in [0.15, 0.2) is 23.5 Å². The van der Waals surface area contributed by atoms with Crippen molar-refractivity contribution >= 4 is 0 Å². The lowest BCUT2D eigenvalue weighted by Crippen LogP contribution is -2.43. The van der Waals surface area contributed by atoms with Crippen LogP contribution in [0.2, 0.25) is 0 Å². The monoisotopic (exact) mass is 208 g/mol. The lowest BCUT2D eigenvalue weighted by Gasteiger charge is -2.38. The van der Waals surface area contributed by atoms with E-state index >= 15 is 0 Å². The molecule has 1 saturated heterocycles. The molecule has 15 heavy (non-hydrogen) atoms. The maximum Gasteiger partial charge on any atom is 0.172 e. The molecule has 0 aromatic heterocycles. The van der Waals surface area contributed by atoms with Gasteiger partial charge in [0.15, 0.2) is 5.79 Å². The molecule has 3 rings (SSSR count). The summed E-state index contributed by atoms with van der Waals surface area (Å²) in [5, 5.41) is 3.31. The van der Waals surface area contributed by atoms with Gasteiger partial charge in [-0.15, -0.1) is 0 Å². The van der Waals surface area contributed by atoms with Crippen molar-refractivity contribution in [3.8, 4) is 0 Å². The third-order valence-corrected chi connectivity index (χ3v) is 3.35. The van der Waals surface area contributed by atoms with Crippen molar-refractivity contribution in [1.29, 1.82) is 0 Å². The largest absolute Gasteiger partial charge is 0.398 e. The number of nitrogens with one attached hydrogen (secondary N) is 1. The maximum absolute atomic E-state index is 5.77. The van der Waals surface area contributed by atoms with Crippen LogP contribution in [0.4, 0.5) is 0 Å². The zero-order chi connectivity index (χ0) is 10.3. The summed E-state index contributed by atoms with van der Waals surface area (Å²) in [5.41, 5.74) is 7.87. The molecule has 1 saturated carbocycles. The van der Waals surface area contributed by atoms with Crippen molar-refractivity contribution in [2.75, 3.05) is 13.2 Å². The molecule has 0 aromatic carbocycles. The average Bonchev–Trinajstić information content (AvgIpc) is 2.66. The third-order valence-electron chi connectivity index (χ3n) is 3.35. The van der Waals surface area contributed by atoms with Crippen LogP contribution in [0.25, 0.3) is 0 Å². The molecule has 4 heteroatoms. The first-order valence-corrected chi connectivity index (χ1v) is 5.48. The summed E-state index contributed by atoms with van der Waals surface area (Å²) in [5.74, 6) is -0.346. The summed E-state index contributed by atoms with van der Waals surface area (Å²) < 4.78 is 11.4. The van der Waals surface area contributed by atoms with Crippen molar-refractivity contribution in [3.05, 3.63) is 23.5 Å². The minimum atomic E-state index is -0.346. The molecular weight excluding hydrogens is 192 g/mol. The fraction of sp³-hybridized carbons (Fsp3) is 0.636. The van der Waals surface area contributed by atoms with E-state index in [4.69, 9.17) is 15.2 Å². The highest BCUT2D eigenvalue weighted by Gasteiger charge is 2.42. The van der Waals surface area contributed by atoms with Gasteiger partial charge in [0.2, 0.25) is 0 Å². The summed E-state index contributed by atoms with van der Waals surface area (Å²) in [7, 11) is 0. The summed E-state index contributed by atoms with van der Waals surface area (Å²) in [6.07, 6.45) is 6.79. The number of nitrogens with two attached hydrogens (primary N) is 1. The molecule has 0 bridgehead atoms. The van der Waals surface area contributed by atoms with Crippen LogP contribution in [-0.2, 0) is 9.47 Å². The molecule has 1 aliphatic carbocycles. The van der Waals surface area contributed by atoms with Crippen molar-refractivity contribution in [3.63, 3.8) is 0 Å². The molecule has 2 heterocycles. The SMILES string of the molecule is NC1=CNC2CCC3(CC2=C1)OCCO3. The van der Waals surface area contributed by atoms with Gasteiger partial charge in [0.25, 0.3) is 0 Å². The summed E-state index contributed by atoms with van der Waals surface area (Å²) in [4.78, 5) is 0. The van der Waals surface area contributed by atoms with E-state index in [1.807, 2.05) is 12.3 Å². The van der Waals surface area contributed by atoms with E-state index in [0.717, 1.165) is 38.2 Å². The minimum absolute atomic E-state index is 0.346. The number of allylic oxidation sites excluding steroid dienone is 1. The summed E-state index contributed by atoms with van der Waals surface area (Å²) >= 11 is 0. The topological polar surface area (TPSA) is 56.5 Å². The first-order chi connectivity index (χ1) is 7.27. The van der Waals surface area contributed by atoms with E-state index in [1.54, 1.807) is 0 Å². The lowest BCUT2D eigenvalue weighted by atomic mass is 9.84. The van der Waals surface area contributed by atoms with E-state index in [1.165, 1.54) is 5.57 Å². The first-order valence-electron chi connectivity index (χ1n) is 5.48. The van der Waals surface area contributed by atoms with Gasteiger partial charge in [0.05, 0.1) is 13.2 Å². The zero-order valence-electron chi connectivity index (χ0n) is 8.66. The van der Waals surface area contributed by atoms with Crippen LogP contribution >= 0.6 is 0 Å². The molecule has 4 nitrogen and oxygen atoms in total. The Bertz CT molecular complexity index is 329. The van der Waals surface area contributed by atoms with Crippen LogP contribution in [0.5, 0.6) is 0 Å². The van der Waals surface area contributed by atoms with Crippen molar-refractivity contribution < 1.29 is 9.47 Å². The van der Waals surface area contributed by atoms with Crippen LogP contribution < -0.4 is 11.1 Å². The lowest BCUT2D eigenvalue weighted by molar-refractivity contribution is -0.169. The highest BCUT2D eigenvalue weighted by Crippen LogP contribution is 2.39. The van der Waals surface area contributed by atoms with Crippen molar-refractivity contribution in [2.24, 2.45) is 5.73 Å². The Balaban J connectivity index is 1.83. The highest BCUT2D eigenvalue weighted by molar-refractivity contribution is 5.31. The Morgan fingerprint density at radius 3 is 3.00 bits per heavy atom. The Morgan fingerprint density at radius 2 is 2.20 bits per heavy atom. The van der Waals surface area contributed by atoms with Gasteiger partial charge >= 0.3 is 0 Å². The van der Waals surface area contributed by atoms with Gasteiger partial charge in [0.1, 0.15) is 0 Å². The van der Waals surface area contributed by atoms with E-state index in [2.05, 4.69) is 5.32 Å². The Labute approximate surface area is 89.1 Å². The molecule has 3 N–H and O–H groups in total. The van der Waals surface area contributed by atoms with E-state index < -0.39 is 0 Å². The standard InChI is InChI=1S/C11H16N2O2/c12-9-5-8-6-11(14-3-4-15-11)2-1-10(8)13-7-9/h5,7,10,13H,1-4,6,12H2. The second-order valence-corrected chi connectivity index (χ2v) is 4.41. The average molecular weight is 208 g/mol. The second kappa shape index (κ2) is 3.25. The van der Waals surface area contributed by atoms with E-state index in [0.29, 0.717) is 6.04 Å². The van der Waals surface area contributed by atoms with Gasteiger partial charge in [-0.05, 0) is 18.1 Å². The maximum atomic E-state index is 5.77. The molecule has 1 spiro atoms. The molecular formula is C11H16N2O2. The van der Waals surface area contributed by atoms with Gasteiger partial charge in [-0.25, -0.2) is 0 Å². The first kappa shape index (κ1) is 9.24. The van der Waals surface area contributed by atoms with Gasteiger partial charge in [-0.1, -0.05) is 0 Å². The number of hydrogen-bond donors (Lipinski definition) is 2. The Kier molecular flexibility index (Phi) is 2.00. The van der Waals surface area contributed by atoms with Crippen molar-refractivity contribution in [1.82, 2.24) is 5.32 Å². The van der Waals surface area contributed by atoms with E-state index in [9.17, 15) is 0 Å². The molecule has 1 atom stereocenters. The normalized spacial score (nSPS) is 32.9. The number of fused-ring (bicyclic) bond motifs is 1. The Hall–Kier alpha value is -1.00. The predicted octanol–water partition coefficient (Wildman–Crippen LogP) is 0.612. The van der Waals surface area contributed by atoms with Gasteiger partial charge in [0, 0.05) is 30.8 Å². The summed E-state index contributed by atoms with van der Waals surface area (Å²) in [6, 6.07) is 0.427. The molecule has 2 aliphatic heterocycles. The highest BCUT2D eigenvalue weighted by atomic mass is 16.7. The number of ether oxygens (including phenoxy) is 2. The number of hydrogen-bond acceptors (Lipinski definition) is 4. The third kappa shape index (κ3) is 1.54. The molecule has 3 aliphatic rings. The summed E-state index contributed by atoms with van der Waals surface area (Å²) in [6.45, 7) is 1.44. The molecule has 0 radical (unpaired) electrons. The molecule has 0 amide bonds. The van der Waals surface area contributed by atoms with Crippen LogP contribution in [0.3, 0.4) is 0 Å².